The number of amides is 1. The highest BCUT2D eigenvalue weighted by atomic mass is 32.2. The third kappa shape index (κ3) is 11.4. The van der Waals surface area contributed by atoms with Crippen LogP contribution in [0.5, 0.6) is 0 Å². The van der Waals surface area contributed by atoms with Gasteiger partial charge in [0.1, 0.15) is 23.8 Å². The molecule has 1 heterocycles. The van der Waals surface area contributed by atoms with E-state index in [1.807, 2.05) is 38.1 Å². The number of hydrogen-bond acceptors (Lipinski definition) is 8. The summed E-state index contributed by atoms with van der Waals surface area (Å²) in [5, 5.41) is 5.70. The zero-order valence-corrected chi connectivity index (χ0v) is 25.8. The van der Waals surface area contributed by atoms with E-state index in [-0.39, 0.29) is 29.8 Å². The van der Waals surface area contributed by atoms with E-state index in [1.54, 1.807) is 0 Å². The fourth-order valence-electron chi connectivity index (χ4n) is 4.58. The van der Waals surface area contributed by atoms with Crippen molar-refractivity contribution in [2.45, 2.75) is 64.3 Å². The lowest BCUT2D eigenvalue weighted by atomic mass is 10.0. The first-order valence-corrected chi connectivity index (χ1v) is 16.4. The van der Waals surface area contributed by atoms with Gasteiger partial charge in [-0.2, -0.15) is 0 Å². The molecule has 9 nitrogen and oxygen atoms in total. The molecule has 0 saturated carbocycles. The summed E-state index contributed by atoms with van der Waals surface area (Å²) in [6.45, 7) is 4.35. The first kappa shape index (κ1) is 34.7. The number of nitrogens with zero attached hydrogens (tertiary/aromatic N) is 1. The van der Waals surface area contributed by atoms with Crippen molar-refractivity contribution in [3.05, 3.63) is 101 Å². The number of carbonyl (C=O) groups excluding carboxylic acids is 2. The molecule has 1 amide bonds. The highest BCUT2D eigenvalue weighted by Gasteiger charge is 2.32. The maximum atomic E-state index is 13.9. The van der Waals surface area contributed by atoms with Gasteiger partial charge in [-0.25, -0.2) is 22.0 Å². The zero-order chi connectivity index (χ0) is 32.1. The number of nitrogens with one attached hydrogen (secondary N) is 2. The van der Waals surface area contributed by atoms with E-state index in [2.05, 4.69) is 15.6 Å². The predicted molar refractivity (Wildman–Crippen MR) is 164 cm³/mol. The topological polar surface area (TPSA) is 140 Å². The number of esters is 1. The Morgan fingerprint density at radius 2 is 1.66 bits per heavy atom. The fraction of sp³-hybridized carbons (Fsp3) is 0.406. The number of sulfone groups is 1. The van der Waals surface area contributed by atoms with Gasteiger partial charge < -0.3 is 21.1 Å². The second-order valence-electron chi connectivity index (χ2n) is 10.7. The number of unbranched alkanes of at least 4 members (excludes halogenated alkanes) is 1. The number of halogens is 2. The SMILES string of the molecule is CCCCS(=O)(=O)C[C@@H](NC(=O)c1ccncc1)C(=O)OC(CNCc1cccc(CC)c1)C(N)Cc1cc(F)cc(F)c1. The minimum atomic E-state index is -3.75. The lowest BCUT2D eigenvalue weighted by Crippen LogP contribution is -2.51. The van der Waals surface area contributed by atoms with Gasteiger partial charge in [-0.3, -0.25) is 9.78 Å². The van der Waals surface area contributed by atoms with Crippen LogP contribution in [0, 0.1) is 11.6 Å². The van der Waals surface area contributed by atoms with E-state index in [1.165, 1.54) is 24.5 Å². The summed E-state index contributed by atoms with van der Waals surface area (Å²) in [4.78, 5) is 30.3. The molecule has 0 spiro atoms. The van der Waals surface area contributed by atoms with Crippen LogP contribution in [0.15, 0.2) is 67.0 Å². The standard InChI is InChI=1S/C32H40F2N4O5S/c1-3-5-13-44(41,42)21-29(38-31(39)25-9-11-36-12-10-25)32(40)43-30(20-37-19-23-8-6-7-22(4-2)14-23)28(35)17-24-15-26(33)18-27(34)16-24/h6-12,14-16,18,28-30,37H,3-5,13,17,19-21,35H2,1-2H3,(H,38,39)/t28?,29-,30?/m1/s1. The molecule has 1 aromatic heterocycles. The molecule has 3 aromatic rings. The number of aromatic nitrogens is 1. The van der Waals surface area contributed by atoms with Crippen molar-refractivity contribution in [3.8, 4) is 0 Å². The number of carbonyl (C=O) groups is 2. The van der Waals surface area contributed by atoms with Crippen molar-refractivity contribution in [2.24, 2.45) is 5.73 Å². The number of aryl methyl sites for hydroxylation is 1. The lowest BCUT2D eigenvalue weighted by Gasteiger charge is -2.27. The summed E-state index contributed by atoms with van der Waals surface area (Å²) < 4.78 is 59.2. The Morgan fingerprint density at radius 3 is 2.32 bits per heavy atom. The predicted octanol–water partition coefficient (Wildman–Crippen LogP) is 3.51. The Labute approximate surface area is 257 Å². The van der Waals surface area contributed by atoms with E-state index in [0.717, 1.165) is 35.7 Å². The van der Waals surface area contributed by atoms with E-state index in [9.17, 15) is 26.8 Å². The molecule has 3 atom stereocenters. The Kier molecular flexibility index (Phi) is 13.4. The maximum Gasteiger partial charge on any atom is 0.330 e. The van der Waals surface area contributed by atoms with Gasteiger partial charge in [-0.1, -0.05) is 44.5 Å². The molecule has 0 saturated heterocycles. The monoisotopic (exact) mass is 630 g/mol. The number of nitrogens with two attached hydrogens (primary N) is 1. The molecule has 0 fully saturated rings. The Bertz CT molecular complexity index is 1470. The highest BCUT2D eigenvalue weighted by molar-refractivity contribution is 7.91. The number of benzene rings is 2. The molecule has 0 aliphatic heterocycles. The lowest BCUT2D eigenvalue weighted by molar-refractivity contribution is -0.151. The molecule has 12 heteroatoms. The molecule has 3 rings (SSSR count). The van der Waals surface area contributed by atoms with Crippen LogP contribution in [0.2, 0.25) is 0 Å². The first-order chi connectivity index (χ1) is 21.0. The second-order valence-corrected chi connectivity index (χ2v) is 12.9. The molecule has 2 aromatic carbocycles. The van der Waals surface area contributed by atoms with Gasteiger partial charge in [0, 0.05) is 43.2 Å². The van der Waals surface area contributed by atoms with Crippen LogP contribution >= 0.6 is 0 Å². The van der Waals surface area contributed by atoms with Crippen molar-refractivity contribution in [1.82, 2.24) is 15.6 Å². The Morgan fingerprint density at radius 1 is 0.977 bits per heavy atom. The molecular weight excluding hydrogens is 590 g/mol. The number of pyridine rings is 1. The number of hydrogen-bond donors (Lipinski definition) is 3. The molecule has 44 heavy (non-hydrogen) atoms. The van der Waals surface area contributed by atoms with Crippen LogP contribution in [0.1, 0.15) is 53.7 Å². The molecule has 0 aliphatic carbocycles. The van der Waals surface area contributed by atoms with E-state index in [0.29, 0.717) is 19.4 Å². The molecule has 2 unspecified atom stereocenters. The summed E-state index contributed by atoms with van der Waals surface area (Å²) in [5.41, 5.74) is 9.01. The smallest absolute Gasteiger partial charge is 0.330 e. The molecule has 0 radical (unpaired) electrons. The van der Waals surface area contributed by atoms with Gasteiger partial charge in [0.05, 0.1) is 11.5 Å². The van der Waals surface area contributed by atoms with Crippen LogP contribution in [0.3, 0.4) is 0 Å². The van der Waals surface area contributed by atoms with Crippen molar-refractivity contribution < 1.29 is 31.5 Å². The normalized spacial score (nSPS) is 13.6. The number of ether oxygens (including phenoxy) is 1. The third-order valence-corrected chi connectivity index (χ3v) is 8.73. The molecule has 0 bridgehead atoms. The van der Waals surface area contributed by atoms with Gasteiger partial charge in [-0.05, 0) is 60.2 Å². The maximum absolute atomic E-state index is 13.9. The Balaban J connectivity index is 1.83. The molecular formula is C32H40F2N4O5S. The largest absolute Gasteiger partial charge is 0.458 e. The number of rotatable bonds is 17. The molecule has 0 aliphatic rings. The average Bonchev–Trinajstić information content (AvgIpc) is 2.99. The van der Waals surface area contributed by atoms with Crippen LogP contribution in [0.4, 0.5) is 8.78 Å². The highest BCUT2D eigenvalue weighted by Crippen LogP contribution is 2.14. The minimum Gasteiger partial charge on any atom is -0.458 e. The fourth-order valence-corrected chi connectivity index (χ4v) is 6.20. The Hall–Kier alpha value is -3.74. The van der Waals surface area contributed by atoms with Crippen LogP contribution < -0.4 is 16.4 Å². The van der Waals surface area contributed by atoms with E-state index in [4.69, 9.17) is 10.5 Å². The van der Waals surface area contributed by atoms with Gasteiger partial charge in [0.15, 0.2) is 9.84 Å². The third-order valence-electron chi connectivity index (χ3n) is 6.97. The van der Waals surface area contributed by atoms with E-state index >= 15 is 0 Å². The van der Waals surface area contributed by atoms with E-state index < -0.39 is 57.3 Å². The van der Waals surface area contributed by atoms with Gasteiger partial charge in [0.2, 0.25) is 0 Å². The molecule has 238 valence electrons. The summed E-state index contributed by atoms with van der Waals surface area (Å²) in [7, 11) is -3.75. The van der Waals surface area contributed by atoms with Crippen molar-refractivity contribution in [2.75, 3.05) is 18.1 Å². The van der Waals surface area contributed by atoms with Crippen LogP contribution in [-0.4, -0.2) is 61.5 Å². The van der Waals surface area contributed by atoms with Crippen molar-refractivity contribution in [3.63, 3.8) is 0 Å². The molecule has 4 N–H and O–H groups in total. The average molecular weight is 631 g/mol. The second kappa shape index (κ2) is 16.9. The minimum absolute atomic E-state index is 0.0392. The first-order valence-electron chi connectivity index (χ1n) is 14.6. The summed E-state index contributed by atoms with van der Waals surface area (Å²) in [6, 6.07) is 11.4. The van der Waals surface area contributed by atoms with Crippen LogP contribution in [-0.2, 0) is 38.8 Å². The van der Waals surface area contributed by atoms with Crippen molar-refractivity contribution in [1.29, 1.82) is 0 Å². The summed E-state index contributed by atoms with van der Waals surface area (Å²) in [5.74, 6) is -4.04. The summed E-state index contributed by atoms with van der Waals surface area (Å²) in [6.07, 6.45) is 3.59. The van der Waals surface area contributed by atoms with Gasteiger partial charge in [0.25, 0.3) is 5.91 Å². The van der Waals surface area contributed by atoms with Gasteiger partial charge in [-0.15, -0.1) is 0 Å². The van der Waals surface area contributed by atoms with Gasteiger partial charge >= 0.3 is 5.97 Å². The quantitative estimate of drug-likeness (QED) is 0.193. The zero-order valence-electron chi connectivity index (χ0n) is 25.0. The summed E-state index contributed by atoms with van der Waals surface area (Å²) >= 11 is 0. The van der Waals surface area contributed by atoms with Crippen molar-refractivity contribution >= 4 is 21.7 Å². The van der Waals surface area contributed by atoms with Crippen LogP contribution in [0.25, 0.3) is 0 Å².